The Morgan fingerprint density at radius 2 is 2.15 bits per heavy atom. The number of furan rings is 1. The summed E-state index contributed by atoms with van der Waals surface area (Å²) in [5, 5.41) is 3.56. The molecule has 8 nitrogen and oxygen atoms in total. The van der Waals surface area contributed by atoms with E-state index in [0.29, 0.717) is 16.1 Å². The number of fused-ring (bicyclic) bond motifs is 1. The van der Waals surface area contributed by atoms with E-state index in [1.165, 1.54) is 28.7 Å². The zero-order valence-corrected chi connectivity index (χ0v) is 15.0. The summed E-state index contributed by atoms with van der Waals surface area (Å²) in [6.07, 6.45) is 6.46. The van der Waals surface area contributed by atoms with Crippen LogP contribution in [0, 0.1) is 0 Å². The number of aromatic nitrogens is 3. The lowest BCUT2D eigenvalue weighted by Gasteiger charge is -2.25. The molecule has 0 aromatic carbocycles. The maximum atomic E-state index is 12.7. The fourth-order valence-electron chi connectivity index (χ4n) is 2.98. The molecule has 3 aromatic heterocycles. The minimum Gasteiger partial charge on any atom is -0.467 e. The molecule has 1 fully saturated rings. The summed E-state index contributed by atoms with van der Waals surface area (Å²) in [4.78, 5) is 35.7. The van der Waals surface area contributed by atoms with Gasteiger partial charge in [-0.05, 0) is 31.4 Å². The van der Waals surface area contributed by atoms with Crippen LogP contribution in [0.3, 0.4) is 0 Å². The molecule has 1 aliphatic heterocycles. The molecule has 9 heteroatoms. The maximum Gasteiger partial charge on any atom is 0.273 e. The first-order valence-electron chi connectivity index (χ1n) is 8.61. The van der Waals surface area contributed by atoms with Crippen molar-refractivity contribution in [3.8, 4) is 0 Å². The van der Waals surface area contributed by atoms with E-state index in [4.69, 9.17) is 4.42 Å². The fraction of sp³-hybridized carbons (Fsp3) is 0.412. The smallest absolute Gasteiger partial charge is 0.273 e. The molecule has 1 N–H and O–H groups in total. The van der Waals surface area contributed by atoms with Crippen molar-refractivity contribution in [2.45, 2.75) is 32.4 Å². The molecule has 1 saturated heterocycles. The lowest BCUT2D eigenvalue weighted by molar-refractivity contribution is -0.122. The molecule has 1 amide bonds. The Balaban J connectivity index is 1.49. The van der Waals surface area contributed by atoms with Crippen molar-refractivity contribution >= 4 is 32.7 Å². The van der Waals surface area contributed by atoms with E-state index in [2.05, 4.69) is 20.2 Å². The average molecular weight is 373 g/mol. The quantitative estimate of drug-likeness (QED) is 0.732. The van der Waals surface area contributed by atoms with E-state index in [1.807, 2.05) is 0 Å². The minimum atomic E-state index is -0.273. The van der Waals surface area contributed by atoms with Gasteiger partial charge in [-0.3, -0.25) is 14.2 Å². The zero-order chi connectivity index (χ0) is 17.9. The van der Waals surface area contributed by atoms with E-state index in [0.717, 1.165) is 31.1 Å². The Labute approximate surface area is 153 Å². The van der Waals surface area contributed by atoms with Crippen molar-refractivity contribution in [1.82, 2.24) is 19.9 Å². The summed E-state index contributed by atoms with van der Waals surface area (Å²) in [7, 11) is 0. The van der Waals surface area contributed by atoms with Crippen molar-refractivity contribution in [2.24, 2.45) is 0 Å². The predicted octanol–water partition coefficient (Wildman–Crippen LogP) is 1.75. The van der Waals surface area contributed by atoms with E-state index < -0.39 is 0 Å². The maximum absolute atomic E-state index is 12.7. The first-order chi connectivity index (χ1) is 12.7. The molecule has 1 aliphatic rings. The molecule has 0 bridgehead atoms. The Bertz CT molecular complexity index is 957. The Kier molecular flexibility index (Phi) is 4.70. The highest BCUT2D eigenvalue weighted by atomic mass is 32.1. The number of anilines is 1. The number of hydrogen-bond donors (Lipinski definition) is 1. The lowest BCUT2D eigenvalue weighted by atomic mass is 10.1. The third-order valence-corrected chi connectivity index (χ3v) is 5.45. The third kappa shape index (κ3) is 3.48. The second kappa shape index (κ2) is 7.28. The second-order valence-electron chi connectivity index (χ2n) is 6.23. The van der Waals surface area contributed by atoms with Crippen LogP contribution in [0.5, 0.6) is 0 Å². The van der Waals surface area contributed by atoms with E-state index >= 15 is 0 Å². The number of nitrogens with zero attached hydrogens (tertiary/aromatic N) is 4. The highest BCUT2D eigenvalue weighted by molar-refractivity contribution is 7.22. The van der Waals surface area contributed by atoms with Crippen LogP contribution in [0.1, 0.15) is 25.0 Å². The number of amides is 1. The van der Waals surface area contributed by atoms with Gasteiger partial charge in [0, 0.05) is 13.1 Å². The highest BCUT2D eigenvalue weighted by Crippen LogP contribution is 2.27. The summed E-state index contributed by atoms with van der Waals surface area (Å²) in [5.41, 5.74) is 0.219. The molecule has 26 heavy (non-hydrogen) atoms. The van der Waals surface area contributed by atoms with Crippen molar-refractivity contribution < 1.29 is 9.21 Å². The molecule has 0 unspecified atom stereocenters. The van der Waals surface area contributed by atoms with Gasteiger partial charge in [-0.1, -0.05) is 11.3 Å². The van der Waals surface area contributed by atoms with Gasteiger partial charge in [0.1, 0.15) is 23.3 Å². The van der Waals surface area contributed by atoms with Gasteiger partial charge in [0.25, 0.3) is 5.56 Å². The van der Waals surface area contributed by atoms with E-state index in [1.54, 1.807) is 18.4 Å². The summed E-state index contributed by atoms with van der Waals surface area (Å²) >= 11 is 1.36. The number of nitrogens with one attached hydrogen (secondary N) is 1. The summed E-state index contributed by atoms with van der Waals surface area (Å²) < 4.78 is 6.98. The molecule has 3 aromatic rings. The zero-order valence-electron chi connectivity index (χ0n) is 14.2. The number of carbonyl (C=O) groups is 1. The molecule has 4 heterocycles. The first kappa shape index (κ1) is 16.8. The van der Waals surface area contributed by atoms with Crippen LogP contribution in [-0.2, 0) is 17.9 Å². The SMILES string of the molecule is O=C(Cn1cnc2nc(N3CCCCC3)sc2c1=O)NCc1ccco1. The first-order valence-corrected chi connectivity index (χ1v) is 9.42. The van der Waals surface area contributed by atoms with Gasteiger partial charge in [0.2, 0.25) is 5.91 Å². The van der Waals surface area contributed by atoms with Crippen LogP contribution in [0.4, 0.5) is 5.13 Å². The van der Waals surface area contributed by atoms with Gasteiger partial charge in [-0.15, -0.1) is 0 Å². The van der Waals surface area contributed by atoms with Gasteiger partial charge in [0.05, 0.1) is 12.8 Å². The number of thiazole rings is 1. The molecule has 0 atom stereocenters. The largest absolute Gasteiger partial charge is 0.467 e. The molecule has 0 spiro atoms. The van der Waals surface area contributed by atoms with Crippen LogP contribution < -0.4 is 15.8 Å². The van der Waals surface area contributed by atoms with Crippen molar-refractivity contribution in [3.63, 3.8) is 0 Å². The molecular weight excluding hydrogens is 354 g/mol. The van der Waals surface area contributed by atoms with Crippen molar-refractivity contribution in [3.05, 3.63) is 40.8 Å². The monoisotopic (exact) mass is 373 g/mol. The minimum absolute atomic E-state index is 0.0839. The molecule has 0 aliphatic carbocycles. The van der Waals surface area contributed by atoms with Gasteiger partial charge >= 0.3 is 0 Å². The van der Waals surface area contributed by atoms with E-state index in [-0.39, 0.29) is 24.6 Å². The molecule has 0 radical (unpaired) electrons. The van der Waals surface area contributed by atoms with Crippen LogP contribution in [0.2, 0.25) is 0 Å². The Hall–Kier alpha value is -2.68. The van der Waals surface area contributed by atoms with Crippen LogP contribution in [0.25, 0.3) is 10.3 Å². The summed E-state index contributed by atoms with van der Waals surface area (Å²) in [6, 6.07) is 3.53. The topological polar surface area (TPSA) is 93.3 Å². The molecule has 0 saturated carbocycles. The predicted molar refractivity (Wildman–Crippen MR) is 98.3 cm³/mol. The number of rotatable bonds is 5. The Morgan fingerprint density at radius 3 is 2.92 bits per heavy atom. The lowest BCUT2D eigenvalue weighted by Crippen LogP contribution is -2.31. The summed E-state index contributed by atoms with van der Waals surface area (Å²) in [6.45, 7) is 2.13. The molecule has 4 rings (SSSR count). The summed E-state index contributed by atoms with van der Waals surface area (Å²) in [5.74, 6) is 0.387. The van der Waals surface area contributed by atoms with Crippen molar-refractivity contribution in [2.75, 3.05) is 18.0 Å². The second-order valence-corrected chi connectivity index (χ2v) is 7.21. The standard InChI is InChI=1S/C17H19N5O3S/c23-13(18-9-12-5-4-8-25-12)10-22-11-19-15-14(16(22)24)26-17(20-15)21-6-2-1-3-7-21/h4-5,8,11H,1-3,6-7,9-10H2,(H,18,23). The van der Waals surface area contributed by atoms with Gasteiger partial charge in [-0.25, -0.2) is 4.98 Å². The normalized spacial score (nSPS) is 14.7. The molecular formula is C17H19N5O3S. The number of hydrogen-bond acceptors (Lipinski definition) is 7. The molecule has 136 valence electrons. The van der Waals surface area contributed by atoms with Crippen LogP contribution in [0.15, 0.2) is 33.9 Å². The number of piperidine rings is 1. The van der Waals surface area contributed by atoms with Gasteiger partial charge < -0.3 is 14.6 Å². The average Bonchev–Trinajstić information content (AvgIpc) is 3.33. The van der Waals surface area contributed by atoms with Gasteiger partial charge in [0.15, 0.2) is 10.8 Å². The van der Waals surface area contributed by atoms with Crippen molar-refractivity contribution in [1.29, 1.82) is 0 Å². The Morgan fingerprint density at radius 1 is 1.31 bits per heavy atom. The van der Waals surface area contributed by atoms with E-state index in [9.17, 15) is 9.59 Å². The van der Waals surface area contributed by atoms with Crippen LogP contribution >= 0.6 is 11.3 Å². The third-order valence-electron chi connectivity index (χ3n) is 4.35. The fourth-order valence-corrected chi connectivity index (χ4v) is 4.00. The van der Waals surface area contributed by atoms with Gasteiger partial charge in [-0.2, -0.15) is 4.98 Å². The number of carbonyl (C=O) groups excluding carboxylic acids is 1. The highest BCUT2D eigenvalue weighted by Gasteiger charge is 2.18. The van der Waals surface area contributed by atoms with Crippen LogP contribution in [-0.4, -0.2) is 33.5 Å².